The molecule has 0 saturated carbocycles. The fourth-order valence-electron chi connectivity index (χ4n) is 2.54. The number of carboxylic acids is 1. The van der Waals surface area contributed by atoms with Crippen molar-refractivity contribution in [3.63, 3.8) is 0 Å². The van der Waals surface area contributed by atoms with Gasteiger partial charge in [-0.15, -0.1) is 0 Å². The molecule has 5 heteroatoms. The normalized spacial score (nSPS) is 22.9. The molecule has 4 nitrogen and oxygen atoms in total. The molecule has 0 aromatic heterocycles. The molecule has 102 valence electrons. The van der Waals surface area contributed by atoms with Gasteiger partial charge in [-0.05, 0) is 36.0 Å². The molecule has 1 aliphatic heterocycles. The molecule has 1 fully saturated rings. The fraction of sp³-hybridized carbons (Fsp3) is 0.429. The van der Waals surface area contributed by atoms with Crippen LogP contribution in [0.5, 0.6) is 0 Å². The lowest BCUT2D eigenvalue weighted by atomic mass is 9.78. The van der Waals surface area contributed by atoms with Crippen molar-refractivity contribution in [2.24, 2.45) is 5.92 Å². The lowest BCUT2D eigenvalue weighted by molar-refractivity contribution is -0.137. The van der Waals surface area contributed by atoms with Crippen LogP contribution in [0.25, 0.3) is 0 Å². The predicted molar refractivity (Wildman–Crippen MR) is 67.1 cm³/mol. The molecule has 0 aliphatic carbocycles. The second-order valence-corrected chi connectivity index (χ2v) is 4.86. The van der Waals surface area contributed by atoms with E-state index in [1.165, 1.54) is 12.1 Å². The van der Waals surface area contributed by atoms with E-state index in [1.807, 2.05) is 0 Å². The lowest BCUT2D eigenvalue weighted by Gasteiger charge is -2.31. The lowest BCUT2D eigenvalue weighted by Crippen LogP contribution is -2.39. The highest BCUT2D eigenvalue weighted by atomic mass is 19.1. The van der Waals surface area contributed by atoms with Crippen LogP contribution in [0, 0.1) is 11.7 Å². The monoisotopic (exact) mass is 265 g/mol. The van der Waals surface area contributed by atoms with Crippen molar-refractivity contribution in [3.05, 3.63) is 35.6 Å². The van der Waals surface area contributed by atoms with E-state index in [1.54, 1.807) is 12.1 Å². The Morgan fingerprint density at radius 1 is 1.37 bits per heavy atom. The maximum absolute atomic E-state index is 12.9. The standard InChI is InChI=1S/C14H16FNO3/c15-11-4-1-9(2-5-11)12-7-13(17)16-8-10(12)3-6-14(18)19/h1-2,4-5,10,12H,3,6-8H2,(H,16,17)(H,18,19). The Bertz CT molecular complexity index is 472. The maximum atomic E-state index is 12.9. The van der Waals surface area contributed by atoms with Crippen LogP contribution in [0.2, 0.25) is 0 Å². The van der Waals surface area contributed by atoms with Gasteiger partial charge in [-0.25, -0.2) is 4.39 Å². The number of hydrogen-bond acceptors (Lipinski definition) is 2. The summed E-state index contributed by atoms with van der Waals surface area (Å²) >= 11 is 0. The first-order chi connectivity index (χ1) is 9.06. The topological polar surface area (TPSA) is 66.4 Å². The third kappa shape index (κ3) is 3.53. The first-order valence-corrected chi connectivity index (χ1v) is 6.30. The van der Waals surface area contributed by atoms with E-state index < -0.39 is 5.97 Å². The minimum Gasteiger partial charge on any atom is -0.481 e. The molecule has 1 heterocycles. The Morgan fingerprint density at radius 3 is 2.68 bits per heavy atom. The first kappa shape index (κ1) is 13.5. The van der Waals surface area contributed by atoms with E-state index in [0.29, 0.717) is 19.4 Å². The van der Waals surface area contributed by atoms with Gasteiger partial charge in [0, 0.05) is 19.4 Å². The zero-order chi connectivity index (χ0) is 13.8. The SMILES string of the molecule is O=C(O)CCC1CNC(=O)CC1c1ccc(F)cc1. The van der Waals surface area contributed by atoms with Gasteiger partial charge < -0.3 is 10.4 Å². The summed E-state index contributed by atoms with van der Waals surface area (Å²) in [6.45, 7) is 0.480. The molecular weight excluding hydrogens is 249 g/mol. The van der Waals surface area contributed by atoms with Crippen molar-refractivity contribution in [2.45, 2.75) is 25.2 Å². The fourth-order valence-corrected chi connectivity index (χ4v) is 2.54. The van der Waals surface area contributed by atoms with Gasteiger partial charge in [-0.3, -0.25) is 9.59 Å². The van der Waals surface area contributed by atoms with Crippen LogP contribution in [-0.4, -0.2) is 23.5 Å². The quantitative estimate of drug-likeness (QED) is 0.874. The van der Waals surface area contributed by atoms with Gasteiger partial charge in [0.1, 0.15) is 5.82 Å². The number of rotatable bonds is 4. The number of hydrogen-bond donors (Lipinski definition) is 2. The van der Waals surface area contributed by atoms with E-state index in [4.69, 9.17) is 5.11 Å². The highest BCUT2D eigenvalue weighted by Crippen LogP contribution is 2.33. The number of benzene rings is 1. The molecule has 1 aliphatic rings. The molecule has 1 amide bonds. The second-order valence-electron chi connectivity index (χ2n) is 4.86. The Balaban J connectivity index is 2.13. The van der Waals surface area contributed by atoms with Crippen LogP contribution in [0.4, 0.5) is 4.39 Å². The van der Waals surface area contributed by atoms with Crippen molar-refractivity contribution < 1.29 is 19.1 Å². The van der Waals surface area contributed by atoms with Gasteiger partial charge >= 0.3 is 5.97 Å². The molecule has 0 radical (unpaired) electrons. The average molecular weight is 265 g/mol. The number of aliphatic carboxylic acids is 1. The minimum atomic E-state index is -0.838. The summed E-state index contributed by atoms with van der Waals surface area (Å²) in [5, 5.41) is 11.5. The van der Waals surface area contributed by atoms with Crippen LogP contribution in [0.15, 0.2) is 24.3 Å². The number of carbonyl (C=O) groups excluding carboxylic acids is 1. The van der Waals surface area contributed by atoms with Gasteiger partial charge in [0.05, 0.1) is 0 Å². The summed E-state index contributed by atoms with van der Waals surface area (Å²) in [5.41, 5.74) is 0.895. The minimum absolute atomic E-state index is 0.0336. The van der Waals surface area contributed by atoms with Crippen molar-refractivity contribution in [2.75, 3.05) is 6.54 Å². The van der Waals surface area contributed by atoms with Gasteiger partial charge in [0.2, 0.25) is 5.91 Å². The van der Waals surface area contributed by atoms with Crippen LogP contribution >= 0.6 is 0 Å². The van der Waals surface area contributed by atoms with E-state index in [2.05, 4.69) is 5.32 Å². The molecule has 1 saturated heterocycles. The van der Waals surface area contributed by atoms with Crippen LogP contribution in [-0.2, 0) is 9.59 Å². The molecule has 2 rings (SSSR count). The third-order valence-electron chi connectivity index (χ3n) is 3.56. The molecule has 2 atom stereocenters. The van der Waals surface area contributed by atoms with Gasteiger partial charge in [-0.1, -0.05) is 12.1 Å². The number of nitrogens with one attached hydrogen (secondary N) is 1. The van der Waals surface area contributed by atoms with Crippen molar-refractivity contribution in [3.8, 4) is 0 Å². The van der Waals surface area contributed by atoms with Crippen LogP contribution in [0.3, 0.4) is 0 Å². The van der Waals surface area contributed by atoms with Gasteiger partial charge in [0.15, 0.2) is 0 Å². The van der Waals surface area contributed by atoms with Crippen LogP contribution < -0.4 is 5.32 Å². The molecule has 1 aromatic rings. The maximum Gasteiger partial charge on any atom is 0.303 e. The molecule has 0 bridgehead atoms. The first-order valence-electron chi connectivity index (χ1n) is 6.30. The van der Waals surface area contributed by atoms with E-state index >= 15 is 0 Å². The number of carbonyl (C=O) groups is 2. The van der Waals surface area contributed by atoms with Gasteiger partial charge in [-0.2, -0.15) is 0 Å². The van der Waals surface area contributed by atoms with Crippen molar-refractivity contribution >= 4 is 11.9 Å². The highest BCUT2D eigenvalue weighted by molar-refractivity contribution is 5.78. The molecular formula is C14H16FNO3. The Morgan fingerprint density at radius 2 is 2.05 bits per heavy atom. The second kappa shape index (κ2) is 5.82. The zero-order valence-electron chi connectivity index (χ0n) is 10.4. The van der Waals surface area contributed by atoms with E-state index in [9.17, 15) is 14.0 Å². The molecule has 19 heavy (non-hydrogen) atoms. The third-order valence-corrected chi connectivity index (χ3v) is 3.56. The Kier molecular flexibility index (Phi) is 4.14. The summed E-state index contributed by atoms with van der Waals surface area (Å²) in [7, 11) is 0. The Labute approximate surface area is 110 Å². The largest absolute Gasteiger partial charge is 0.481 e. The molecule has 1 aromatic carbocycles. The molecule has 0 spiro atoms. The number of halogens is 1. The summed E-state index contributed by atoms with van der Waals surface area (Å²) in [4.78, 5) is 22.2. The Hall–Kier alpha value is -1.91. The molecule has 2 N–H and O–H groups in total. The molecule has 2 unspecified atom stereocenters. The summed E-state index contributed by atoms with van der Waals surface area (Å²) in [6, 6.07) is 6.09. The summed E-state index contributed by atoms with van der Waals surface area (Å²) in [6.07, 6.45) is 0.922. The average Bonchev–Trinajstić information content (AvgIpc) is 2.38. The smallest absolute Gasteiger partial charge is 0.303 e. The highest BCUT2D eigenvalue weighted by Gasteiger charge is 2.30. The van der Waals surface area contributed by atoms with E-state index in [0.717, 1.165) is 5.56 Å². The van der Waals surface area contributed by atoms with Crippen molar-refractivity contribution in [1.82, 2.24) is 5.32 Å². The van der Waals surface area contributed by atoms with Gasteiger partial charge in [0.25, 0.3) is 0 Å². The predicted octanol–water partition coefficient (Wildman–Crippen LogP) is 1.91. The number of carboxylic acid groups (broad SMARTS) is 1. The van der Waals surface area contributed by atoms with Crippen LogP contribution in [0.1, 0.15) is 30.7 Å². The zero-order valence-corrected chi connectivity index (χ0v) is 10.4. The number of amides is 1. The van der Waals surface area contributed by atoms with Crippen molar-refractivity contribution in [1.29, 1.82) is 0 Å². The summed E-state index contributed by atoms with van der Waals surface area (Å²) < 4.78 is 12.9. The van der Waals surface area contributed by atoms with E-state index in [-0.39, 0.29) is 30.0 Å². The number of piperidine rings is 1. The summed E-state index contributed by atoms with van der Waals surface area (Å²) in [5.74, 6) is -1.14.